The predicted octanol–water partition coefficient (Wildman–Crippen LogP) is 4.29. The first-order chi connectivity index (χ1) is 11.1. The van der Waals surface area contributed by atoms with Gasteiger partial charge in [0, 0.05) is 16.6 Å². The molecule has 0 fully saturated rings. The molecule has 1 amide bonds. The van der Waals surface area contributed by atoms with E-state index in [0.717, 1.165) is 24.0 Å². The number of ether oxygens (including phenoxy) is 1. The molecule has 0 aliphatic rings. The van der Waals surface area contributed by atoms with Crippen molar-refractivity contribution in [1.82, 2.24) is 5.32 Å². The Hall–Kier alpha value is -1.71. The summed E-state index contributed by atoms with van der Waals surface area (Å²) in [6.45, 7) is 2.57. The fourth-order valence-electron chi connectivity index (χ4n) is 2.11. The Morgan fingerprint density at radius 2 is 1.87 bits per heavy atom. The normalized spacial score (nSPS) is 10.4. The summed E-state index contributed by atoms with van der Waals surface area (Å²) in [5.41, 5.74) is 2.13. The van der Waals surface area contributed by atoms with Gasteiger partial charge in [0.05, 0.1) is 0 Å². The quantitative estimate of drug-likeness (QED) is 0.807. The summed E-state index contributed by atoms with van der Waals surface area (Å²) in [7, 11) is 0. The summed E-state index contributed by atoms with van der Waals surface area (Å²) in [6, 6.07) is 13.0. The third kappa shape index (κ3) is 5.77. The van der Waals surface area contributed by atoms with Crippen LogP contribution in [0.5, 0.6) is 5.75 Å². The van der Waals surface area contributed by atoms with Crippen LogP contribution in [0.3, 0.4) is 0 Å². The van der Waals surface area contributed by atoms with Crippen LogP contribution in [0, 0.1) is 0 Å². The molecule has 0 radical (unpaired) electrons. The van der Waals surface area contributed by atoms with Gasteiger partial charge in [-0.05, 0) is 54.3 Å². The van der Waals surface area contributed by atoms with Crippen molar-refractivity contribution in [1.29, 1.82) is 0 Å². The van der Waals surface area contributed by atoms with Gasteiger partial charge in [0.15, 0.2) is 6.61 Å². The highest BCUT2D eigenvalue weighted by molar-refractivity contribution is 6.31. The number of hydrogen-bond donors (Lipinski definition) is 1. The molecule has 2 rings (SSSR count). The highest BCUT2D eigenvalue weighted by atomic mass is 35.5. The molecule has 0 aliphatic heterocycles. The Balaban J connectivity index is 1.73. The van der Waals surface area contributed by atoms with E-state index in [1.807, 2.05) is 37.3 Å². The standard InChI is InChI=1S/C18H19Cl2NO2/c1-2-14-11-16(7-8-17(14)20)23-12-18(22)21-10-9-13-3-5-15(19)6-4-13/h3-8,11H,2,9-10,12H2,1H3,(H,21,22). The molecule has 2 aromatic carbocycles. The van der Waals surface area contributed by atoms with E-state index in [4.69, 9.17) is 27.9 Å². The van der Waals surface area contributed by atoms with Gasteiger partial charge >= 0.3 is 0 Å². The lowest BCUT2D eigenvalue weighted by atomic mass is 10.1. The van der Waals surface area contributed by atoms with Crippen molar-refractivity contribution in [2.24, 2.45) is 0 Å². The molecule has 0 unspecified atom stereocenters. The minimum atomic E-state index is -0.146. The van der Waals surface area contributed by atoms with Crippen LogP contribution in [0.2, 0.25) is 10.0 Å². The number of nitrogens with one attached hydrogen (secondary N) is 1. The van der Waals surface area contributed by atoms with Gasteiger partial charge in [-0.15, -0.1) is 0 Å². The maximum atomic E-state index is 11.8. The first kappa shape index (κ1) is 17.6. The maximum Gasteiger partial charge on any atom is 0.257 e. The lowest BCUT2D eigenvalue weighted by molar-refractivity contribution is -0.123. The smallest absolute Gasteiger partial charge is 0.257 e. The van der Waals surface area contributed by atoms with Crippen LogP contribution >= 0.6 is 23.2 Å². The Labute approximate surface area is 146 Å². The lowest BCUT2D eigenvalue weighted by Crippen LogP contribution is -2.30. The molecule has 0 heterocycles. The topological polar surface area (TPSA) is 38.3 Å². The van der Waals surface area contributed by atoms with Gasteiger partial charge in [0.2, 0.25) is 0 Å². The minimum Gasteiger partial charge on any atom is -0.484 e. The average molecular weight is 352 g/mol. The molecule has 0 spiro atoms. The van der Waals surface area contributed by atoms with Gasteiger partial charge in [0.1, 0.15) is 5.75 Å². The van der Waals surface area contributed by atoms with Crippen LogP contribution in [0.15, 0.2) is 42.5 Å². The first-order valence-electron chi connectivity index (χ1n) is 7.51. The molecule has 23 heavy (non-hydrogen) atoms. The third-order valence-electron chi connectivity index (χ3n) is 3.42. The zero-order valence-electron chi connectivity index (χ0n) is 12.9. The highest BCUT2D eigenvalue weighted by Gasteiger charge is 2.05. The van der Waals surface area contributed by atoms with Gasteiger partial charge in [-0.3, -0.25) is 4.79 Å². The summed E-state index contributed by atoms with van der Waals surface area (Å²) < 4.78 is 5.50. The van der Waals surface area contributed by atoms with Crippen LogP contribution in [0.1, 0.15) is 18.1 Å². The molecule has 0 saturated carbocycles. The van der Waals surface area contributed by atoms with Crippen LogP contribution in [0.4, 0.5) is 0 Å². The van der Waals surface area contributed by atoms with Crippen LogP contribution < -0.4 is 10.1 Å². The maximum absolute atomic E-state index is 11.8. The van der Waals surface area contributed by atoms with Crippen molar-refractivity contribution in [3.8, 4) is 5.75 Å². The molecule has 1 N–H and O–H groups in total. The number of carbonyl (C=O) groups is 1. The molecule has 0 aliphatic carbocycles. The number of amides is 1. The van der Waals surface area contributed by atoms with Gasteiger partial charge in [0.25, 0.3) is 5.91 Å². The molecule has 122 valence electrons. The highest BCUT2D eigenvalue weighted by Crippen LogP contribution is 2.22. The van der Waals surface area contributed by atoms with Crippen molar-refractivity contribution in [2.45, 2.75) is 19.8 Å². The zero-order chi connectivity index (χ0) is 16.7. The summed E-state index contributed by atoms with van der Waals surface area (Å²) in [6.07, 6.45) is 1.58. The number of halogens is 2. The molecular weight excluding hydrogens is 333 g/mol. The number of carbonyl (C=O) groups excluding carboxylic acids is 1. The van der Waals surface area contributed by atoms with E-state index in [2.05, 4.69) is 5.32 Å². The minimum absolute atomic E-state index is 0.00853. The second-order valence-electron chi connectivity index (χ2n) is 5.12. The van der Waals surface area contributed by atoms with Crippen LogP contribution in [-0.4, -0.2) is 19.1 Å². The zero-order valence-corrected chi connectivity index (χ0v) is 14.5. The third-order valence-corrected chi connectivity index (χ3v) is 4.04. The monoisotopic (exact) mass is 351 g/mol. The fraction of sp³-hybridized carbons (Fsp3) is 0.278. The SMILES string of the molecule is CCc1cc(OCC(=O)NCCc2ccc(Cl)cc2)ccc1Cl. The molecule has 0 atom stereocenters. The van der Waals surface area contributed by atoms with Crippen LogP contribution in [-0.2, 0) is 17.6 Å². The Kier molecular flexibility index (Phi) is 6.75. The molecule has 0 aromatic heterocycles. The number of benzene rings is 2. The van der Waals surface area contributed by atoms with E-state index >= 15 is 0 Å². The van der Waals surface area contributed by atoms with E-state index in [-0.39, 0.29) is 12.5 Å². The molecule has 0 bridgehead atoms. The number of aryl methyl sites for hydroxylation is 1. The van der Waals surface area contributed by atoms with Crippen molar-refractivity contribution < 1.29 is 9.53 Å². The average Bonchev–Trinajstić information content (AvgIpc) is 2.56. The van der Waals surface area contributed by atoms with Crippen molar-refractivity contribution in [2.75, 3.05) is 13.2 Å². The lowest BCUT2D eigenvalue weighted by Gasteiger charge is -2.09. The molecule has 3 nitrogen and oxygen atoms in total. The first-order valence-corrected chi connectivity index (χ1v) is 8.26. The predicted molar refractivity (Wildman–Crippen MR) is 94.5 cm³/mol. The Morgan fingerprint density at radius 3 is 2.57 bits per heavy atom. The van der Waals surface area contributed by atoms with Crippen molar-refractivity contribution in [3.63, 3.8) is 0 Å². The van der Waals surface area contributed by atoms with E-state index in [0.29, 0.717) is 22.3 Å². The van der Waals surface area contributed by atoms with Crippen LogP contribution in [0.25, 0.3) is 0 Å². The van der Waals surface area contributed by atoms with Gasteiger partial charge in [-0.2, -0.15) is 0 Å². The van der Waals surface area contributed by atoms with Gasteiger partial charge in [-0.1, -0.05) is 42.3 Å². The largest absolute Gasteiger partial charge is 0.484 e. The fourth-order valence-corrected chi connectivity index (χ4v) is 2.49. The van der Waals surface area contributed by atoms with Crippen molar-refractivity contribution >= 4 is 29.1 Å². The summed E-state index contributed by atoms with van der Waals surface area (Å²) >= 11 is 11.9. The van der Waals surface area contributed by atoms with Gasteiger partial charge < -0.3 is 10.1 Å². The summed E-state index contributed by atoms with van der Waals surface area (Å²) in [4.78, 5) is 11.8. The number of rotatable bonds is 7. The second kappa shape index (κ2) is 8.80. The molecule has 5 heteroatoms. The van der Waals surface area contributed by atoms with E-state index in [1.54, 1.807) is 12.1 Å². The van der Waals surface area contributed by atoms with E-state index < -0.39 is 0 Å². The molecule has 0 saturated heterocycles. The molecular formula is C18H19Cl2NO2. The summed E-state index contributed by atoms with van der Waals surface area (Å²) in [5, 5.41) is 4.26. The van der Waals surface area contributed by atoms with Gasteiger partial charge in [-0.25, -0.2) is 0 Å². The Morgan fingerprint density at radius 1 is 1.13 bits per heavy atom. The van der Waals surface area contributed by atoms with Crippen molar-refractivity contribution in [3.05, 3.63) is 63.6 Å². The second-order valence-corrected chi connectivity index (χ2v) is 5.97. The Bertz CT molecular complexity index is 657. The van der Waals surface area contributed by atoms with E-state index in [1.165, 1.54) is 0 Å². The molecule has 2 aromatic rings. The number of hydrogen-bond acceptors (Lipinski definition) is 2. The van der Waals surface area contributed by atoms with E-state index in [9.17, 15) is 4.79 Å². The summed E-state index contributed by atoms with van der Waals surface area (Å²) in [5.74, 6) is 0.506.